The Morgan fingerprint density at radius 3 is 2.90 bits per heavy atom. The predicted octanol–water partition coefficient (Wildman–Crippen LogP) is 0.724. The lowest BCUT2D eigenvalue weighted by Crippen LogP contribution is -2.36. The second-order valence-corrected chi connectivity index (χ2v) is 4.53. The molecule has 108 valence electrons. The maximum atomic E-state index is 12.4. The summed E-state index contributed by atoms with van der Waals surface area (Å²) in [5.41, 5.74) is 2.13. The molecule has 0 aliphatic heterocycles. The summed E-state index contributed by atoms with van der Waals surface area (Å²) in [7, 11) is 1.58. The molecule has 0 saturated carbocycles. The van der Waals surface area contributed by atoms with Gasteiger partial charge >= 0.3 is 0 Å². The van der Waals surface area contributed by atoms with Gasteiger partial charge in [-0.15, -0.1) is 0 Å². The molecular formula is C14H19N3O3. The van der Waals surface area contributed by atoms with Crippen molar-refractivity contribution in [2.24, 2.45) is 0 Å². The van der Waals surface area contributed by atoms with E-state index < -0.39 is 0 Å². The van der Waals surface area contributed by atoms with Gasteiger partial charge in [0.1, 0.15) is 11.3 Å². The Balaban J connectivity index is 2.26. The molecule has 0 spiro atoms. The van der Waals surface area contributed by atoms with Gasteiger partial charge in [0.05, 0.1) is 13.2 Å². The van der Waals surface area contributed by atoms with Gasteiger partial charge in [-0.1, -0.05) is 6.07 Å². The van der Waals surface area contributed by atoms with E-state index in [2.05, 4.69) is 4.98 Å². The first kappa shape index (κ1) is 14.5. The van der Waals surface area contributed by atoms with Crippen molar-refractivity contribution in [2.75, 3.05) is 33.4 Å². The monoisotopic (exact) mass is 277 g/mol. The van der Waals surface area contributed by atoms with Crippen LogP contribution in [-0.2, 0) is 4.74 Å². The first-order valence-corrected chi connectivity index (χ1v) is 6.51. The van der Waals surface area contributed by atoms with Gasteiger partial charge in [0.25, 0.3) is 5.91 Å². The van der Waals surface area contributed by atoms with Crippen LogP contribution in [0, 0.1) is 6.92 Å². The van der Waals surface area contributed by atoms with Gasteiger partial charge in [0.15, 0.2) is 0 Å². The highest BCUT2D eigenvalue weighted by molar-refractivity contribution is 5.93. The van der Waals surface area contributed by atoms with Crippen molar-refractivity contribution in [3.63, 3.8) is 0 Å². The summed E-state index contributed by atoms with van der Waals surface area (Å²) in [6.45, 7) is 3.01. The molecule has 2 aromatic heterocycles. The van der Waals surface area contributed by atoms with Gasteiger partial charge in [-0.25, -0.2) is 4.98 Å². The van der Waals surface area contributed by atoms with Gasteiger partial charge in [0, 0.05) is 32.1 Å². The second-order valence-electron chi connectivity index (χ2n) is 4.53. The molecule has 2 rings (SSSR count). The van der Waals surface area contributed by atoms with E-state index in [1.807, 2.05) is 29.5 Å². The van der Waals surface area contributed by atoms with Crippen molar-refractivity contribution in [3.8, 4) is 0 Å². The number of rotatable bonds is 6. The number of carbonyl (C=O) groups excluding carboxylic acids is 1. The minimum absolute atomic E-state index is 0.0815. The van der Waals surface area contributed by atoms with Crippen LogP contribution < -0.4 is 0 Å². The van der Waals surface area contributed by atoms with Crippen molar-refractivity contribution in [1.29, 1.82) is 0 Å². The molecule has 0 aromatic carbocycles. The van der Waals surface area contributed by atoms with Crippen LogP contribution in [0.4, 0.5) is 0 Å². The fourth-order valence-electron chi connectivity index (χ4n) is 2.05. The fourth-order valence-corrected chi connectivity index (χ4v) is 2.05. The maximum Gasteiger partial charge on any atom is 0.274 e. The Morgan fingerprint density at radius 1 is 1.45 bits per heavy atom. The maximum absolute atomic E-state index is 12.4. The third kappa shape index (κ3) is 2.97. The van der Waals surface area contributed by atoms with Crippen LogP contribution in [0.1, 0.15) is 16.2 Å². The quantitative estimate of drug-likeness (QED) is 0.845. The van der Waals surface area contributed by atoms with Gasteiger partial charge < -0.3 is 19.1 Å². The number of aliphatic hydroxyl groups is 1. The SMILES string of the molecule is COCCN(CCO)C(=O)c1cn2c(C)cccc2n1. The molecule has 2 heterocycles. The van der Waals surface area contributed by atoms with E-state index in [1.54, 1.807) is 18.2 Å². The molecule has 0 saturated heterocycles. The zero-order chi connectivity index (χ0) is 14.5. The molecule has 0 atom stereocenters. The predicted molar refractivity (Wildman–Crippen MR) is 74.8 cm³/mol. The summed E-state index contributed by atoms with van der Waals surface area (Å²) in [4.78, 5) is 18.3. The molecule has 2 aromatic rings. The third-order valence-corrected chi connectivity index (χ3v) is 3.14. The number of methoxy groups -OCH3 is 1. The number of nitrogens with zero attached hydrogens (tertiary/aromatic N) is 3. The lowest BCUT2D eigenvalue weighted by molar-refractivity contribution is 0.0651. The summed E-state index contributed by atoms with van der Waals surface area (Å²) in [6, 6.07) is 5.72. The van der Waals surface area contributed by atoms with Gasteiger partial charge in [-0.05, 0) is 19.1 Å². The molecule has 0 aliphatic carbocycles. The number of amides is 1. The van der Waals surface area contributed by atoms with E-state index in [0.717, 1.165) is 11.3 Å². The number of aryl methyl sites for hydroxylation is 1. The molecule has 6 heteroatoms. The number of carbonyl (C=O) groups is 1. The highest BCUT2D eigenvalue weighted by atomic mass is 16.5. The van der Waals surface area contributed by atoms with E-state index in [9.17, 15) is 4.79 Å². The van der Waals surface area contributed by atoms with Crippen LogP contribution in [0.2, 0.25) is 0 Å². The number of hydrogen-bond acceptors (Lipinski definition) is 4. The topological polar surface area (TPSA) is 67.1 Å². The first-order valence-electron chi connectivity index (χ1n) is 6.51. The van der Waals surface area contributed by atoms with Crippen LogP contribution in [0.3, 0.4) is 0 Å². The van der Waals surface area contributed by atoms with E-state index in [4.69, 9.17) is 9.84 Å². The van der Waals surface area contributed by atoms with Gasteiger partial charge in [-0.2, -0.15) is 0 Å². The van der Waals surface area contributed by atoms with E-state index >= 15 is 0 Å². The molecule has 0 unspecified atom stereocenters. The summed E-state index contributed by atoms with van der Waals surface area (Å²) in [5, 5.41) is 9.06. The number of pyridine rings is 1. The van der Waals surface area contributed by atoms with Crippen LogP contribution in [0.25, 0.3) is 5.65 Å². The smallest absolute Gasteiger partial charge is 0.274 e. The Kier molecular flexibility index (Phi) is 4.70. The number of fused-ring (bicyclic) bond motifs is 1. The summed E-state index contributed by atoms with van der Waals surface area (Å²) < 4.78 is 6.86. The summed E-state index contributed by atoms with van der Waals surface area (Å²) in [6.07, 6.45) is 1.73. The first-order chi connectivity index (χ1) is 9.67. The Bertz CT molecular complexity index is 594. The molecule has 6 nitrogen and oxygen atoms in total. The summed E-state index contributed by atoms with van der Waals surface area (Å²) >= 11 is 0. The van der Waals surface area contributed by atoms with E-state index in [1.165, 1.54) is 0 Å². The van der Waals surface area contributed by atoms with Crippen molar-refractivity contribution in [3.05, 3.63) is 35.8 Å². The minimum atomic E-state index is -0.195. The lowest BCUT2D eigenvalue weighted by Gasteiger charge is -2.20. The van der Waals surface area contributed by atoms with Gasteiger partial charge in [-0.3, -0.25) is 4.79 Å². The molecular weight excluding hydrogens is 258 g/mol. The number of aromatic nitrogens is 2. The molecule has 1 amide bonds. The molecule has 20 heavy (non-hydrogen) atoms. The molecule has 0 fully saturated rings. The lowest BCUT2D eigenvalue weighted by atomic mass is 10.3. The average Bonchev–Trinajstić information content (AvgIpc) is 2.88. The van der Waals surface area contributed by atoms with Crippen LogP contribution in [-0.4, -0.2) is 58.7 Å². The minimum Gasteiger partial charge on any atom is -0.395 e. The van der Waals surface area contributed by atoms with Crippen molar-refractivity contribution < 1.29 is 14.6 Å². The number of hydrogen-bond donors (Lipinski definition) is 1. The summed E-state index contributed by atoms with van der Waals surface area (Å²) in [5.74, 6) is -0.195. The normalized spacial score (nSPS) is 10.9. The van der Waals surface area contributed by atoms with E-state index in [0.29, 0.717) is 18.8 Å². The molecule has 0 bridgehead atoms. The van der Waals surface area contributed by atoms with Crippen molar-refractivity contribution in [2.45, 2.75) is 6.92 Å². The Morgan fingerprint density at radius 2 is 2.25 bits per heavy atom. The highest BCUT2D eigenvalue weighted by Gasteiger charge is 2.18. The Labute approximate surface area is 117 Å². The third-order valence-electron chi connectivity index (χ3n) is 3.14. The average molecular weight is 277 g/mol. The van der Waals surface area contributed by atoms with Crippen LogP contribution in [0.15, 0.2) is 24.4 Å². The number of imidazole rings is 1. The Hall–Kier alpha value is -1.92. The molecule has 1 N–H and O–H groups in total. The second kappa shape index (κ2) is 6.49. The van der Waals surface area contributed by atoms with Crippen LogP contribution in [0.5, 0.6) is 0 Å². The standard InChI is InChI=1S/C14H19N3O3/c1-11-4-3-5-13-15-12(10-17(11)13)14(19)16(6-8-18)7-9-20-2/h3-5,10,18H,6-9H2,1-2H3. The zero-order valence-corrected chi connectivity index (χ0v) is 11.7. The fraction of sp³-hybridized carbons (Fsp3) is 0.429. The van der Waals surface area contributed by atoms with Crippen LogP contribution >= 0.6 is 0 Å². The zero-order valence-electron chi connectivity index (χ0n) is 11.7. The molecule has 0 radical (unpaired) electrons. The highest BCUT2D eigenvalue weighted by Crippen LogP contribution is 2.10. The number of ether oxygens (including phenoxy) is 1. The van der Waals surface area contributed by atoms with Crippen molar-refractivity contribution in [1.82, 2.24) is 14.3 Å². The number of aliphatic hydroxyl groups excluding tert-OH is 1. The van der Waals surface area contributed by atoms with Crippen molar-refractivity contribution >= 4 is 11.6 Å². The molecule has 0 aliphatic rings. The van der Waals surface area contributed by atoms with E-state index in [-0.39, 0.29) is 19.1 Å². The van der Waals surface area contributed by atoms with Gasteiger partial charge in [0.2, 0.25) is 0 Å². The largest absolute Gasteiger partial charge is 0.395 e.